The Morgan fingerprint density at radius 2 is 1.82 bits per heavy atom. The highest BCUT2D eigenvalue weighted by Gasteiger charge is 2.19. The summed E-state index contributed by atoms with van der Waals surface area (Å²) in [7, 11) is -1.64. The Balaban J connectivity index is 1.52. The molecule has 3 aromatic heterocycles. The quantitative estimate of drug-likeness (QED) is 0.296. The number of aryl methyl sites for hydroxylation is 1. The fraction of sp³-hybridized carbons (Fsp3) is 0.222. The van der Waals surface area contributed by atoms with Crippen LogP contribution in [0.4, 0.5) is 11.4 Å². The topological polar surface area (TPSA) is 135 Å². The van der Waals surface area contributed by atoms with Crippen molar-refractivity contribution in [2.24, 2.45) is 7.05 Å². The van der Waals surface area contributed by atoms with Crippen LogP contribution in [-0.2, 0) is 29.3 Å². The van der Waals surface area contributed by atoms with Gasteiger partial charge in [-0.3, -0.25) is 19.5 Å². The minimum absolute atomic E-state index is 0.165. The maximum Gasteiger partial charge on any atom is 0.257 e. The third-order valence-electron chi connectivity index (χ3n) is 5.51. The van der Waals surface area contributed by atoms with Crippen LogP contribution in [0.15, 0.2) is 73.1 Å². The molecule has 1 aromatic carbocycles. The summed E-state index contributed by atoms with van der Waals surface area (Å²) in [4.78, 5) is 21.9. The number of pyridine rings is 2. The van der Waals surface area contributed by atoms with E-state index in [4.69, 9.17) is 4.74 Å². The van der Waals surface area contributed by atoms with E-state index in [2.05, 4.69) is 20.0 Å². The first kappa shape index (κ1) is 26.8. The molecule has 198 valence electrons. The lowest BCUT2D eigenvalue weighted by Gasteiger charge is -2.17. The van der Waals surface area contributed by atoms with Crippen LogP contribution in [0.25, 0.3) is 11.4 Å². The number of sulfonamides is 1. The number of aromatic nitrogens is 3. The molecule has 1 amide bonds. The molecule has 4 rings (SSSR count). The van der Waals surface area contributed by atoms with Crippen molar-refractivity contribution < 1.29 is 23.1 Å². The molecule has 38 heavy (non-hydrogen) atoms. The SMILES string of the molecule is Cn1cc(C(=O)Nc2cccc(NS(C)(=O)=O)c2)cc1-c1ncccc1OCc1cccc(C(C)(C)O)n1. The van der Waals surface area contributed by atoms with E-state index in [0.29, 0.717) is 45.5 Å². The zero-order valence-electron chi connectivity index (χ0n) is 21.5. The van der Waals surface area contributed by atoms with E-state index in [-0.39, 0.29) is 12.5 Å². The first-order valence-corrected chi connectivity index (χ1v) is 13.6. The fourth-order valence-electron chi connectivity index (χ4n) is 3.75. The lowest BCUT2D eigenvalue weighted by molar-refractivity contribution is 0.0733. The highest BCUT2D eigenvalue weighted by atomic mass is 32.2. The highest BCUT2D eigenvalue weighted by molar-refractivity contribution is 7.92. The van der Waals surface area contributed by atoms with Crippen LogP contribution < -0.4 is 14.8 Å². The van der Waals surface area contributed by atoms with Gasteiger partial charge in [0, 0.05) is 25.1 Å². The maximum absolute atomic E-state index is 13.0. The van der Waals surface area contributed by atoms with Crippen molar-refractivity contribution >= 4 is 27.3 Å². The summed E-state index contributed by atoms with van der Waals surface area (Å²) in [5.41, 5.74) is 2.51. The Morgan fingerprint density at radius 1 is 1.08 bits per heavy atom. The number of nitrogens with one attached hydrogen (secondary N) is 2. The first-order valence-electron chi connectivity index (χ1n) is 11.7. The highest BCUT2D eigenvalue weighted by Crippen LogP contribution is 2.30. The number of hydrogen-bond donors (Lipinski definition) is 3. The predicted molar refractivity (Wildman–Crippen MR) is 145 cm³/mol. The van der Waals surface area contributed by atoms with Crippen LogP contribution in [-0.4, -0.2) is 40.2 Å². The fourth-order valence-corrected chi connectivity index (χ4v) is 4.31. The molecule has 0 aliphatic heterocycles. The van der Waals surface area contributed by atoms with Crippen LogP contribution in [0.2, 0.25) is 0 Å². The normalized spacial score (nSPS) is 11.7. The van der Waals surface area contributed by atoms with E-state index in [9.17, 15) is 18.3 Å². The number of carbonyl (C=O) groups is 1. The molecule has 0 saturated heterocycles. The van der Waals surface area contributed by atoms with Crippen molar-refractivity contribution in [1.82, 2.24) is 14.5 Å². The third kappa shape index (κ3) is 6.75. The van der Waals surface area contributed by atoms with E-state index in [1.807, 2.05) is 12.1 Å². The molecule has 11 heteroatoms. The smallest absolute Gasteiger partial charge is 0.257 e. The van der Waals surface area contributed by atoms with Gasteiger partial charge >= 0.3 is 0 Å². The second-order valence-corrected chi connectivity index (χ2v) is 11.1. The van der Waals surface area contributed by atoms with E-state index in [1.165, 1.54) is 6.07 Å². The molecular weight excluding hydrogens is 506 g/mol. The standard InChI is InChI=1S/C27H29N5O5S/c1-27(2,34)24-12-6-10-21(29-24)17-37-23-11-7-13-28-25(23)22-14-18(16-32(22)3)26(33)30-19-8-5-9-20(15-19)31-38(4,35)36/h5-16,31,34H,17H2,1-4H3,(H,30,33). The molecule has 0 saturated carbocycles. The molecule has 3 heterocycles. The van der Waals surface area contributed by atoms with Gasteiger partial charge in [-0.1, -0.05) is 12.1 Å². The van der Waals surface area contributed by atoms with Gasteiger partial charge in [0.15, 0.2) is 0 Å². The van der Waals surface area contributed by atoms with Crippen LogP contribution in [0, 0.1) is 0 Å². The largest absolute Gasteiger partial charge is 0.485 e. The zero-order valence-corrected chi connectivity index (χ0v) is 22.3. The van der Waals surface area contributed by atoms with E-state index >= 15 is 0 Å². The second kappa shape index (κ2) is 10.6. The molecule has 0 unspecified atom stereocenters. The Morgan fingerprint density at radius 3 is 2.55 bits per heavy atom. The monoisotopic (exact) mass is 535 g/mol. The van der Waals surface area contributed by atoms with Crippen molar-refractivity contribution in [2.45, 2.75) is 26.1 Å². The van der Waals surface area contributed by atoms with Crippen molar-refractivity contribution in [1.29, 1.82) is 0 Å². The average molecular weight is 536 g/mol. The van der Waals surface area contributed by atoms with Gasteiger partial charge in [0.25, 0.3) is 5.91 Å². The van der Waals surface area contributed by atoms with Crippen LogP contribution >= 0.6 is 0 Å². The Labute approximate surface area is 221 Å². The van der Waals surface area contributed by atoms with Gasteiger partial charge < -0.3 is 19.7 Å². The van der Waals surface area contributed by atoms with Crippen molar-refractivity contribution in [3.8, 4) is 17.1 Å². The number of benzene rings is 1. The second-order valence-electron chi connectivity index (χ2n) is 9.35. The summed E-state index contributed by atoms with van der Waals surface area (Å²) >= 11 is 0. The van der Waals surface area contributed by atoms with Gasteiger partial charge in [0.1, 0.15) is 23.7 Å². The van der Waals surface area contributed by atoms with Gasteiger partial charge in [-0.25, -0.2) is 8.42 Å². The molecule has 10 nitrogen and oxygen atoms in total. The van der Waals surface area contributed by atoms with E-state index < -0.39 is 15.6 Å². The summed E-state index contributed by atoms with van der Waals surface area (Å²) in [6.45, 7) is 3.51. The molecule has 0 aliphatic rings. The van der Waals surface area contributed by atoms with Crippen LogP contribution in [0.1, 0.15) is 35.6 Å². The minimum Gasteiger partial charge on any atom is -0.485 e. The third-order valence-corrected chi connectivity index (χ3v) is 6.12. The summed E-state index contributed by atoms with van der Waals surface area (Å²) in [6, 6.07) is 17.1. The lowest BCUT2D eigenvalue weighted by atomic mass is 10.0. The number of aliphatic hydroxyl groups is 1. The number of carbonyl (C=O) groups excluding carboxylic acids is 1. The maximum atomic E-state index is 13.0. The summed E-state index contributed by atoms with van der Waals surface area (Å²) in [6.07, 6.45) is 4.38. The number of hydrogen-bond acceptors (Lipinski definition) is 7. The number of nitrogens with zero attached hydrogens (tertiary/aromatic N) is 3. The van der Waals surface area contributed by atoms with Gasteiger partial charge in [-0.15, -0.1) is 0 Å². The van der Waals surface area contributed by atoms with Gasteiger partial charge in [-0.05, 0) is 62.4 Å². The predicted octanol–water partition coefficient (Wildman–Crippen LogP) is 3.91. The molecule has 0 aliphatic carbocycles. The summed E-state index contributed by atoms with van der Waals surface area (Å²) in [5.74, 6) is 0.144. The first-order chi connectivity index (χ1) is 17.9. The molecule has 0 radical (unpaired) electrons. The van der Waals surface area contributed by atoms with E-state index in [0.717, 1.165) is 6.26 Å². The van der Waals surface area contributed by atoms with Gasteiger partial charge in [0.05, 0.1) is 34.6 Å². The van der Waals surface area contributed by atoms with Crippen molar-refractivity contribution in [3.63, 3.8) is 0 Å². The number of anilines is 2. The number of rotatable bonds is 9. The molecule has 0 bridgehead atoms. The van der Waals surface area contributed by atoms with E-state index in [1.54, 1.807) is 80.3 Å². The molecule has 0 atom stereocenters. The molecular formula is C27H29N5O5S. The van der Waals surface area contributed by atoms with Crippen LogP contribution in [0.5, 0.6) is 5.75 Å². The van der Waals surface area contributed by atoms with Crippen molar-refractivity contribution in [3.05, 3.63) is 90.0 Å². The number of ether oxygens (including phenoxy) is 1. The Bertz CT molecular complexity index is 1570. The number of amides is 1. The Hall–Kier alpha value is -4.22. The minimum atomic E-state index is -3.44. The summed E-state index contributed by atoms with van der Waals surface area (Å²) in [5, 5.41) is 13.0. The van der Waals surface area contributed by atoms with Gasteiger partial charge in [-0.2, -0.15) is 0 Å². The van der Waals surface area contributed by atoms with Crippen LogP contribution in [0.3, 0.4) is 0 Å². The van der Waals surface area contributed by atoms with Crippen molar-refractivity contribution in [2.75, 3.05) is 16.3 Å². The molecule has 0 fully saturated rings. The zero-order chi connectivity index (χ0) is 27.5. The summed E-state index contributed by atoms with van der Waals surface area (Å²) < 4.78 is 33.2. The molecule has 3 N–H and O–H groups in total. The van der Waals surface area contributed by atoms with Gasteiger partial charge in [0.2, 0.25) is 10.0 Å². The average Bonchev–Trinajstić information content (AvgIpc) is 3.23. The Kier molecular flexibility index (Phi) is 7.51. The lowest BCUT2D eigenvalue weighted by Crippen LogP contribution is -2.18. The molecule has 0 spiro atoms. The molecule has 4 aromatic rings.